The van der Waals surface area contributed by atoms with Crippen LogP contribution in [0.5, 0.6) is 0 Å². The van der Waals surface area contributed by atoms with E-state index >= 15 is 0 Å². The van der Waals surface area contributed by atoms with Gasteiger partial charge in [0.05, 0.1) is 0 Å². The molecule has 0 spiro atoms. The maximum absolute atomic E-state index is 2.26. The second-order valence-corrected chi connectivity index (χ2v) is 7.32. The predicted molar refractivity (Wildman–Crippen MR) is 72.2 cm³/mol. The van der Waals surface area contributed by atoms with Crippen molar-refractivity contribution in [2.75, 3.05) is 19.0 Å². The van der Waals surface area contributed by atoms with Crippen LogP contribution < -0.4 is 11.9 Å². The molecular formula is C14H15NSb. The summed E-state index contributed by atoms with van der Waals surface area (Å²) in [5.41, 5.74) is 1.36. The molecule has 0 heterocycles. The van der Waals surface area contributed by atoms with Gasteiger partial charge in [0, 0.05) is 0 Å². The Hall–Kier alpha value is -0.942. The van der Waals surface area contributed by atoms with Gasteiger partial charge in [-0.2, -0.15) is 0 Å². The normalized spacial score (nSPS) is 10.1. The molecule has 0 amide bonds. The minimum atomic E-state index is -0.455. The van der Waals surface area contributed by atoms with Crippen LogP contribution >= 0.6 is 0 Å². The topological polar surface area (TPSA) is 3.24 Å². The quantitative estimate of drug-likeness (QED) is 0.774. The van der Waals surface area contributed by atoms with Crippen molar-refractivity contribution in [2.24, 2.45) is 0 Å². The average molecular weight is 319 g/mol. The van der Waals surface area contributed by atoms with Gasteiger partial charge in [-0.05, 0) is 0 Å². The second kappa shape index (κ2) is 5.41. The Balaban J connectivity index is 2.28. The van der Waals surface area contributed by atoms with Gasteiger partial charge in [0.1, 0.15) is 0 Å². The van der Waals surface area contributed by atoms with E-state index in [2.05, 4.69) is 73.6 Å². The molecule has 0 aliphatic carbocycles. The third kappa shape index (κ3) is 2.80. The number of para-hydroxylation sites is 1. The van der Waals surface area contributed by atoms with Gasteiger partial charge >= 0.3 is 108 Å². The summed E-state index contributed by atoms with van der Waals surface area (Å²) in [6.07, 6.45) is 0. The zero-order valence-electron chi connectivity index (χ0n) is 9.59. The molecule has 0 aromatic heterocycles. The van der Waals surface area contributed by atoms with Crippen LogP contribution in [-0.4, -0.2) is 35.7 Å². The first kappa shape index (κ1) is 11.5. The van der Waals surface area contributed by atoms with Crippen LogP contribution in [0.3, 0.4) is 0 Å². The second-order valence-electron chi connectivity index (χ2n) is 3.83. The monoisotopic (exact) mass is 318 g/mol. The van der Waals surface area contributed by atoms with E-state index in [1.165, 1.54) is 12.7 Å². The van der Waals surface area contributed by atoms with Crippen molar-refractivity contribution in [1.29, 1.82) is 0 Å². The number of hydrogen-bond acceptors (Lipinski definition) is 1. The predicted octanol–water partition coefficient (Wildman–Crippen LogP) is 1.41. The van der Waals surface area contributed by atoms with Gasteiger partial charge in [0.15, 0.2) is 0 Å². The van der Waals surface area contributed by atoms with Gasteiger partial charge in [-0.15, -0.1) is 0 Å². The summed E-state index contributed by atoms with van der Waals surface area (Å²) in [6.45, 7) is 0. The molecule has 2 aromatic rings. The minimum absolute atomic E-state index is 0.455. The maximum atomic E-state index is 2.26. The summed E-state index contributed by atoms with van der Waals surface area (Å²) >= 11 is -0.455. The van der Waals surface area contributed by atoms with Gasteiger partial charge in [0.2, 0.25) is 0 Å². The van der Waals surface area contributed by atoms with Crippen LogP contribution in [-0.2, 0) is 0 Å². The third-order valence-electron chi connectivity index (χ3n) is 2.37. The van der Waals surface area contributed by atoms with Crippen molar-refractivity contribution in [3.05, 3.63) is 54.6 Å². The summed E-state index contributed by atoms with van der Waals surface area (Å²) in [5.74, 6) is 0. The molecule has 81 valence electrons. The summed E-state index contributed by atoms with van der Waals surface area (Å²) in [7, 11) is 4.22. The summed E-state index contributed by atoms with van der Waals surface area (Å²) < 4.78 is 3.03. The molecule has 0 aliphatic rings. The molecular weight excluding hydrogens is 304 g/mol. The van der Waals surface area contributed by atoms with Gasteiger partial charge in [-0.1, -0.05) is 0 Å². The first-order valence-electron chi connectivity index (χ1n) is 5.30. The Morgan fingerprint density at radius 3 is 2.12 bits per heavy atom. The number of anilines is 1. The third-order valence-corrected chi connectivity index (χ3v) is 5.72. The van der Waals surface area contributed by atoms with Crippen molar-refractivity contribution in [3.63, 3.8) is 0 Å². The standard InChI is InChI=1S/C8H10N.C6H5.Sb/c1-9(2)8-6-4-3-5-7-8;1-2-4-6-5-3-1;/h3-6H,1-2H3;1-5H;. The van der Waals surface area contributed by atoms with Crippen molar-refractivity contribution >= 4 is 34.3 Å². The van der Waals surface area contributed by atoms with Crippen molar-refractivity contribution in [3.8, 4) is 0 Å². The van der Waals surface area contributed by atoms with Crippen LogP contribution in [0.2, 0.25) is 0 Å². The van der Waals surface area contributed by atoms with Crippen LogP contribution in [0.4, 0.5) is 5.69 Å². The van der Waals surface area contributed by atoms with E-state index in [1.807, 2.05) is 0 Å². The Kier molecular flexibility index (Phi) is 3.90. The molecule has 0 N–H and O–H groups in total. The Bertz CT molecular complexity index is 451. The number of rotatable bonds is 3. The molecule has 0 saturated heterocycles. The van der Waals surface area contributed by atoms with Crippen molar-refractivity contribution < 1.29 is 0 Å². The zero-order valence-corrected chi connectivity index (χ0v) is 12.1. The van der Waals surface area contributed by atoms with Crippen LogP contribution in [0, 0.1) is 0 Å². The number of nitrogens with zero attached hydrogens (tertiary/aromatic N) is 1. The van der Waals surface area contributed by atoms with Crippen molar-refractivity contribution in [1.82, 2.24) is 0 Å². The Morgan fingerprint density at radius 2 is 1.44 bits per heavy atom. The first-order chi connectivity index (χ1) is 7.77. The molecule has 0 atom stereocenters. The fourth-order valence-electron chi connectivity index (χ4n) is 1.58. The fourth-order valence-corrected chi connectivity index (χ4v) is 4.86. The molecule has 2 heteroatoms. The summed E-state index contributed by atoms with van der Waals surface area (Å²) in [5, 5.41) is 0. The zero-order chi connectivity index (χ0) is 11.4. The van der Waals surface area contributed by atoms with E-state index in [4.69, 9.17) is 0 Å². The molecule has 0 unspecified atom stereocenters. The van der Waals surface area contributed by atoms with Gasteiger partial charge in [-0.3, -0.25) is 0 Å². The van der Waals surface area contributed by atoms with Crippen LogP contribution in [0.25, 0.3) is 0 Å². The van der Waals surface area contributed by atoms with Crippen molar-refractivity contribution in [2.45, 2.75) is 0 Å². The summed E-state index contributed by atoms with van der Waals surface area (Å²) in [6, 6.07) is 19.5. The van der Waals surface area contributed by atoms with E-state index in [0.717, 1.165) is 0 Å². The van der Waals surface area contributed by atoms with Crippen LogP contribution in [0.1, 0.15) is 0 Å². The molecule has 0 fully saturated rings. The Labute approximate surface area is 108 Å². The fraction of sp³-hybridized carbons (Fsp3) is 0.143. The molecule has 1 radical (unpaired) electrons. The first-order valence-corrected chi connectivity index (χ1v) is 7.86. The average Bonchev–Trinajstić information content (AvgIpc) is 2.31. The van der Waals surface area contributed by atoms with E-state index in [-0.39, 0.29) is 0 Å². The molecule has 0 aliphatic heterocycles. The molecule has 2 aromatic carbocycles. The molecule has 2 rings (SSSR count). The van der Waals surface area contributed by atoms with Gasteiger partial charge < -0.3 is 0 Å². The van der Waals surface area contributed by atoms with Gasteiger partial charge in [0.25, 0.3) is 0 Å². The Morgan fingerprint density at radius 1 is 0.812 bits per heavy atom. The molecule has 1 nitrogen and oxygen atoms in total. The van der Waals surface area contributed by atoms with Gasteiger partial charge in [-0.25, -0.2) is 0 Å². The molecule has 0 bridgehead atoms. The number of hydrogen-bond donors (Lipinski definition) is 0. The van der Waals surface area contributed by atoms with E-state index < -0.39 is 21.6 Å². The summed E-state index contributed by atoms with van der Waals surface area (Å²) in [4.78, 5) is 2.20. The van der Waals surface area contributed by atoms with E-state index in [0.29, 0.717) is 0 Å². The number of benzene rings is 2. The molecule has 0 saturated carbocycles. The van der Waals surface area contributed by atoms with E-state index in [9.17, 15) is 0 Å². The van der Waals surface area contributed by atoms with Crippen LogP contribution in [0.15, 0.2) is 54.6 Å². The van der Waals surface area contributed by atoms with E-state index in [1.54, 1.807) is 0 Å². The molecule has 16 heavy (non-hydrogen) atoms. The SMILES string of the molecule is CN(C)c1cccc[c]1[Sb][c]1ccccc1.